The standard InChI is InChI=1S/C12H18N2O3/c1-13-2-4-14(5-3-13)8-10-6-11(17-9-10)7-12(15)16/h6,9H,2-5,7-8H2,1H3,(H,15,16). The summed E-state index contributed by atoms with van der Waals surface area (Å²) in [5.41, 5.74) is 1.06. The average molecular weight is 238 g/mol. The Morgan fingerprint density at radius 3 is 2.76 bits per heavy atom. The highest BCUT2D eigenvalue weighted by Crippen LogP contribution is 2.12. The first-order valence-electron chi connectivity index (χ1n) is 5.82. The van der Waals surface area contributed by atoms with Crippen molar-refractivity contribution in [3.63, 3.8) is 0 Å². The molecule has 1 aliphatic heterocycles. The highest BCUT2D eigenvalue weighted by atomic mass is 16.4. The minimum atomic E-state index is -0.856. The molecule has 1 aliphatic rings. The van der Waals surface area contributed by atoms with Crippen molar-refractivity contribution in [3.05, 3.63) is 23.7 Å². The summed E-state index contributed by atoms with van der Waals surface area (Å²) in [6.07, 6.45) is 1.62. The molecule has 1 aromatic heterocycles. The zero-order valence-corrected chi connectivity index (χ0v) is 10.1. The lowest BCUT2D eigenvalue weighted by atomic mass is 10.2. The van der Waals surface area contributed by atoms with Crippen molar-refractivity contribution >= 4 is 5.97 Å². The highest BCUT2D eigenvalue weighted by molar-refractivity contribution is 5.69. The lowest BCUT2D eigenvalue weighted by molar-refractivity contribution is -0.136. The van der Waals surface area contributed by atoms with Crippen LogP contribution in [0.4, 0.5) is 0 Å². The number of hydrogen-bond donors (Lipinski definition) is 1. The van der Waals surface area contributed by atoms with Gasteiger partial charge in [-0.05, 0) is 13.1 Å². The van der Waals surface area contributed by atoms with Crippen molar-refractivity contribution < 1.29 is 14.3 Å². The Morgan fingerprint density at radius 1 is 1.41 bits per heavy atom. The molecule has 0 atom stereocenters. The molecule has 0 aliphatic carbocycles. The molecule has 0 bridgehead atoms. The Hall–Kier alpha value is -1.33. The fourth-order valence-corrected chi connectivity index (χ4v) is 2.02. The molecule has 0 spiro atoms. The van der Waals surface area contributed by atoms with Crippen LogP contribution in [0, 0.1) is 0 Å². The fourth-order valence-electron chi connectivity index (χ4n) is 2.02. The second-order valence-corrected chi connectivity index (χ2v) is 4.57. The number of carboxylic acids is 1. The Bertz CT molecular complexity index is 381. The van der Waals surface area contributed by atoms with E-state index in [9.17, 15) is 4.79 Å². The monoisotopic (exact) mass is 238 g/mol. The Labute approximate surface area is 101 Å². The molecule has 0 unspecified atom stereocenters. The van der Waals surface area contributed by atoms with Crippen LogP contribution in [0.2, 0.25) is 0 Å². The third-order valence-corrected chi connectivity index (χ3v) is 3.04. The number of carbonyl (C=O) groups is 1. The normalized spacial score (nSPS) is 18.4. The largest absolute Gasteiger partial charge is 0.481 e. The van der Waals surface area contributed by atoms with Crippen LogP contribution in [-0.2, 0) is 17.8 Å². The number of aliphatic carboxylic acids is 1. The number of furan rings is 1. The Kier molecular flexibility index (Phi) is 3.81. The molecule has 1 saturated heterocycles. The van der Waals surface area contributed by atoms with E-state index in [2.05, 4.69) is 16.8 Å². The van der Waals surface area contributed by atoms with Crippen LogP contribution < -0.4 is 0 Å². The number of hydrogen-bond acceptors (Lipinski definition) is 4. The predicted molar refractivity (Wildman–Crippen MR) is 62.8 cm³/mol. The van der Waals surface area contributed by atoms with E-state index in [0.29, 0.717) is 5.76 Å². The minimum absolute atomic E-state index is 0.0390. The van der Waals surface area contributed by atoms with Gasteiger partial charge < -0.3 is 14.4 Å². The van der Waals surface area contributed by atoms with Gasteiger partial charge in [0, 0.05) is 38.3 Å². The number of piperazine rings is 1. The van der Waals surface area contributed by atoms with E-state index in [0.717, 1.165) is 38.3 Å². The minimum Gasteiger partial charge on any atom is -0.481 e. The van der Waals surface area contributed by atoms with Crippen molar-refractivity contribution in [1.29, 1.82) is 0 Å². The summed E-state index contributed by atoms with van der Waals surface area (Å²) in [5.74, 6) is -0.327. The maximum absolute atomic E-state index is 10.5. The van der Waals surface area contributed by atoms with E-state index >= 15 is 0 Å². The number of nitrogens with zero attached hydrogens (tertiary/aromatic N) is 2. The van der Waals surface area contributed by atoms with Crippen molar-refractivity contribution in [2.24, 2.45) is 0 Å². The number of carboxylic acid groups (broad SMARTS) is 1. The predicted octanol–water partition coefficient (Wildman–Crippen LogP) is 0.654. The van der Waals surface area contributed by atoms with Gasteiger partial charge >= 0.3 is 5.97 Å². The number of likely N-dealkylation sites (N-methyl/N-ethyl adjacent to an activating group) is 1. The van der Waals surface area contributed by atoms with Crippen LogP contribution in [0.3, 0.4) is 0 Å². The van der Waals surface area contributed by atoms with Gasteiger partial charge in [0.15, 0.2) is 0 Å². The number of rotatable bonds is 4. The van der Waals surface area contributed by atoms with Gasteiger partial charge in [-0.3, -0.25) is 9.69 Å². The van der Waals surface area contributed by atoms with Gasteiger partial charge in [-0.15, -0.1) is 0 Å². The SMILES string of the molecule is CN1CCN(Cc2coc(CC(=O)O)c2)CC1. The summed E-state index contributed by atoms with van der Waals surface area (Å²) in [5, 5.41) is 8.65. The molecule has 2 rings (SSSR count). The highest BCUT2D eigenvalue weighted by Gasteiger charge is 2.15. The van der Waals surface area contributed by atoms with E-state index in [-0.39, 0.29) is 6.42 Å². The summed E-state index contributed by atoms with van der Waals surface area (Å²) in [4.78, 5) is 15.2. The molecule has 1 N–H and O–H groups in total. The van der Waals surface area contributed by atoms with E-state index < -0.39 is 5.97 Å². The molecule has 0 radical (unpaired) electrons. The quantitative estimate of drug-likeness (QED) is 0.835. The first-order valence-corrected chi connectivity index (χ1v) is 5.82. The van der Waals surface area contributed by atoms with Crippen molar-refractivity contribution in [3.8, 4) is 0 Å². The molecule has 94 valence electrons. The summed E-state index contributed by atoms with van der Waals surface area (Å²) < 4.78 is 5.22. The summed E-state index contributed by atoms with van der Waals surface area (Å²) >= 11 is 0. The topological polar surface area (TPSA) is 56.9 Å². The van der Waals surface area contributed by atoms with Gasteiger partial charge in [-0.1, -0.05) is 0 Å². The maximum atomic E-state index is 10.5. The van der Waals surface area contributed by atoms with E-state index in [1.807, 2.05) is 6.07 Å². The molecule has 2 heterocycles. The first kappa shape index (κ1) is 12.1. The van der Waals surface area contributed by atoms with E-state index in [1.165, 1.54) is 0 Å². The lowest BCUT2D eigenvalue weighted by Gasteiger charge is -2.31. The van der Waals surface area contributed by atoms with Crippen LogP contribution >= 0.6 is 0 Å². The van der Waals surface area contributed by atoms with Gasteiger partial charge in [0.25, 0.3) is 0 Å². The third kappa shape index (κ3) is 3.57. The smallest absolute Gasteiger partial charge is 0.311 e. The van der Waals surface area contributed by atoms with Crippen LogP contribution in [-0.4, -0.2) is 54.1 Å². The lowest BCUT2D eigenvalue weighted by Crippen LogP contribution is -2.43. The molecule has 1 aromatic rings. The van der Waals surface area contributed by atoms with Crippen molar-refractivity contribution in [1.82, 2.24) is 9.80 Å². The van der Waals surface area contributed by atoms with E-state index in [1.54, 1.807) is 6.26 Å². The van der Waals surface area contributed by atoms with Gasteiger partial charge in [-0.25, -0.2) is 0 Å². The zero-order valence-electron chi connectivity index (χ0n) is 10.1. The van der Waals surface area contributed by atoms with Crippen LogP contribution in [0.1, 0.15) is 11.3 Å². The molecule has 17 heavy (non-hydrogen) atoms. The Morgan fingerprint density at radius 2 is 2.12 bits per heavy atom. The molecular formula is C12H18N2O3. The van der Waals surface area contributed by atoms with Crippen molar-refractivity contribution in [2.45, 2.75) is 13.0 Å². The third-order valence-electron chi connectivity index (χ3n) is 3.04. The van der Waals surface area contributed by atoms with E-state index in [4.69, 9.17) is 9.52 Å². The fraction of sp³-hybridized carbons (Fsp3) is 0.583. The molecule has 0 saturated carbocycles. The van der Waals surface area contributed by atoms with Crippen LogP contribution in [0.25, 0.3) is 0 Å². The summed E-state index contributed by atoms with van der Waals surface area (Å²) in [6.45, 7) is 5.11. The molecule has 0 amide bonds. The molecular weight excluding hydrogens is 220 g/mol. The first-order chi connectivity index (χ1) is 8.13. The van der Waals surface area contributed by atoms with Crippen LogP contribution in [0.5, 0.6) is 0 Å². The second-order valence-electron chi connectivity index (χ2n) is 4.57. The van der Waals surface area contributed by atoms with Crippen LogP contribution in [0.15, 0.2) is 16.7 Å². The molecule has 1 fully saturated rings. The molecule has 5 heteroatoms. The average Bonchev–Trinajstić information content (AvgIpc) is 2.68. The van der Waals surface area contributed by atoms with Gasteiger partial charge in [0.2, 0.25) is 0 Å². The Balaban J connectivity index is 1.86. The second kappa shape index (κ2) is 5.33. The molecule has 0 aromatic carbocycles. The summed E-state index contributed by atoms with van der Waals surface area (Å²) in [6, 6.07) is 1.84. The van der Waals surface area contributed by atoms with Gasteiger partial charge in [0.05, 0.1) is 6.26 Å². The van der Waals surface area contributed by atoms with Gasteiger partial charge in [-0.2, -0.15) is 0 Å². The molecule has 5 nitrogen and oxygen atoms in total. The van der Waals surface area contributed by atoms with Gasteiger partial charge in [0.1, 0.15) is 12.2 Å². The zero-order chi connectivity index (χ0) is 12.3. The maximum Gasteiger partial charge on any atom is 0.311 e. The van der Waals surface area contributed by atoms with Crippen molar-refractivity contribution in [2.75, 3.05) is 33.2 Å². The summed E-state index contributed by atoms with van der Waals surface area (Å²) in [7, 11) is 2.13.